The summed E-state index contributed by atoms with van der Waals surface area (Å²) in [5.74, 6) is -0.198. The second kappa shape index (κ2) is 8.70. The number of nitrogens with zero attached hydrogens (tertiary/aromatic N) is 4. The number of hydrogen-bond acceptors (Lipinski definition) is 9. The number of aliphatic hydroxyl groups excluding tert-OH is 1. The van der Waals surface area contributed by atoms with Crippen molar-refractivity contribution in [2.75, 3.05) is 11.9 Å². The summed E-state index contributed by atoms with van der Waals surface area (Å²) >= 11 is 0. The lowest BCUT2D eigenvalue weighted by Gasteiger charge is -2.46. The van der Waals surface area contributed by atoms with Crippen LogP contribution in [0.1, 0.15) is 31.1 Å². The van der Waals surface area contributed by atoms with Crippen LogP contribution in [-0.2, 0) is 24.0 Å². The Morgan fingerprint density at radius 1 is 1.24 bits per heavy atom. The molecule has 1 saturated heterocycles. The molecule has 12 nitrogen and oxygen atoms in total. The molecular weight excluding hydrogens is 517 g/mol. The maximum absolute atomic E-state index is 12.8. The summed E-state index contributed by atoms with van der Waals surface area (Å²) in [6, 6.07) is 8.67. The first kappa shape index (κ1) is 26.0. The predicted molar refractivity (Wildman–Crippen MR) is 135 cm³/mol. The minimum absolute atomic E-state index is 0.0778. The first-order chi connectivity index (χ1) is 17.3. The van der Waals surface area contributed by atoms with Crippen molar-refractivity contribution in [3.8, 4) is 0 Å². The van der Waals surface area contributed by atoms with Gasteiger partial charge >= 0.3 is 8.25 Å². The molecule has 1 amide bonds. The van der Waals surface area contributed by atoms with E-state index >= 15 is 0 Å². The van der Waals surface area contributed by atoms with Gasteiger partial charge in [-0.2, -0.15) is 0 Å². The maximum atomic E-state index is 12.8. The lowest BCUT2D eigenvalue weighted by molar-refractivity contribution is -0.139. The lowest BCUT2D eigenvalue weighted by Crippen LogP contribution is -2.59. The number of anilines is 1. The maximum Gasteiger partial charge on any atom is 0.695 e. The average Bonchev–Trinajstić information content (AvgIpc) is 3.13. The third-order valence-corrected chi connectivity index (χ3v) is 12.5. The Kier molecular flexibility index (Phi) is 6.11. The van der Waals surface area contributed by atoms with Gasteiger partial charge in [-0.15, -0.1) is 9.42 Å². The van der Waals surface area contributed by atoms with E-state index in [0.29, 0.717) is 5.56 Å². The van der Waals surface area contributed by atoms with Crippen molar-refractivity contribution >= 4 is 39.5 Å². The van der Waals surface area contributed by atoms with Gasteiger partial charge in [0.2, 0.25) is 11.3 Å². The van der Waals surface area contributed by atoms with Gasteiger partial charge in [0, 0.05) is 10.1 Å². The van der Waals surface area contributed by atoms with Crippen molar-refractivity contribution < 1.29 is 33.0 Å². The Labute approximate surface area is 215 Å². The van der Waals surface area contributed by atoms with Crippen LogP contribution in [0.25, 0.3) is 11.2 Å². The number of aliphatic hydroxyl groups is 1. The van der Waals surface area contributed by atoms with Gasteiger partial charge < -0.3 is 19.6 Å². The molecule has 0 spiro atoms. The lowest BCUT2D eigenvalue weighted by atomic mass is 10.1. The number of fused-ring (bicyclic) bond motifs is 2. The number of carbonyl (C=O) groups excluding carboxylic acids is 1. The van der Waals surface area contributed by atoms with Gasteiger partial charge in [0.1, 0.15) is 18.5 Å². The number of imidazole rings is 1. The van der Waals surface area contributed by atoms with Crippen LogP contribution >= 0.6 is 8.25 Å². The van der Waals surface area contributed by atoms with Crippen molar-refractivity contribution in [2.24, 2.45) is 0 Å². The fourth-order valence-corrected chi connectivity index (χ4v) is 6.64. The third-order valence-electron chi connectivity index (χ3n) is 7.56. The first-order valence-electron chi connectivity index (χ1n) is 11.7. The van der Waals surface area contributed by atoms with Gasteiger partial charge in [-0.3, -0.25) is 9.36 Å². The number of amides is 1. The van der Waals surface area contributed by atoms with Crippen LogP contribution in [0, 0.1) is 0 Å². The molecule has 3 N–H and O–H groups in total. The topological polar surface area (TPSA) is 158 Å². The third kappa shape index (κ3) is 3.93. The SMILES string of the molecule is CC(C)(C)[Si](C)(C)O[C@]1(n2cnc3c(NC(=O)c4ccccc4)ncnc32)CO[C@@H]2C(O)[C@@]21O[P+](=O)O. The van der Waals surface area contributed by atoms with Crippen LogP contribution in [-0.4, -0.2) is 68.2 Å². The normalized spacial score (nSPS) is 27.7. The molecule has 0 bridgehead atoms. The van der Waals surface area contributed by atoms with Crippen molar-refractivity contribution in [1.82, 2.24) is 19.5 Å². The van der Waals surface area contributed by atoms with Crippen LogP contribution in [0.15, 0.2) is 43.0 Å². The zero-order valence-electron chi connectivity index (χ0n) is 21.1. The van der Waals surface area contributed by atoms with E-state index < -0.39 is 40.1 Å². The van der Waals surface area contributed by atoms with Crippen molar-refractivity contribution in [3.05, 3.63) is 48.5 Å². The van der Waals surface area contributed by atoms with E-state index in [1.54, 1.807) is 28.8 Å². The summed E-state index contributed by atoms with van der Waals surface area (Å²) < 4.78 is 31.8. The minimum atomic E-state index is -3.11. The van der Waals surface area contributed by atoms with E-state index in [9.17, 15) is 19.4 Å². The van der Waals surface area contributed by atoms with Crippen LogP contribution in [0.4, 0.5) is 5.82 Å². The molecule has 0 radical (unpaired) electrons. The summed E-state index contributed by atoms with van der Waals surface area (Å²) in [6.07, 6.45) is 0.628. The number of carbonyl (C=O) groups is 1. The van der Waals surface area contributed by atoms with Gasteiger partial charge in [0.15, 0.2) is 25.3 Å². The largest absolute Gasteiger partial charge is 0.695 e. The number of benzene rings is 1. The van der Waals surface area contributed by atoms with Crippen molar-refractivity contribution in [1.29, 1.82) is 0 Å². The Bertz CT molecular complexity index is 1380. The number of rotatable bonds is 7. The highest BCUT2D eigenvalue weighted by molar-refractivity contribution is 7.32. The summed E-state index contributed by atoms with van der Waals surface area (Å²) in [4.78, 5) is 35.6. The predicted octanol–water partition coefficient (Wildman–Crippen LogP) is 2.93. The zero-order valence-corrected chi connectivity index (χ0v) is 23.0. The van der Waals surface area contributed by atoms with Crippen molar-refractivity contribution in [3.63, 3.8) is 0 Å². The van der Waals surface area contributed by atoms with Gasteiger partial charge in [-0.05, 0) is 30.3 Å². The zero-order chi connectivity index (χ0) is 26.8. The molecule has 2 aliphatic rings. The number of nitrogens with one attached hydrogen (secondary N) is 1. The molecule has 1 saturated carbocycles. The van der Waals surface area contributed by atoms with Crippen LogP contribution in [0.5, 0.6) is 0 Å². The van der Waals surface area contributed by atoms with Crippen molar-refractivity contribution in [2.45, 2.75) is 62.4 Å². The Morgan fingerprint density at radius 2 is 1.95 bits per heavy atom. The number of hydrogen-bond donors (Lipinski definition) is 3. The molecule has 2 unspecified atom stereocenters. The molecule has 14 heteroatoms. The number of ether oxygens (including phenoxy) is 1. The van der Waals surface area contributed by atoms with Crippen LogP contribution in [0.2, 0.25) is 18.1 Å². The van der Waals surface area contributed by atoms with Crippen LogP contribution < -0.4 is 5.32 Å². The monoisotopic (exact) mass is 546 g/mol. The van der Waals surface area contributed by atoms with E-state index in [0.717, 1.165) is 0 Å². The Balaban J connectivity index is 1.64. The van der Waals surface area contributed by atoms with Gasteiger partial charge in [0.25, 0.3) is 5.91 Å². The number of aromatic nitrogens is 4. The molecule has 2 fully saturated rings. The average molecular weight is 547 g/mol. The summed E-state index contributed by atoms with van der Waals surface area (Å²) in [5, 5.41) is 13.4. The second-order valence-corrected chi connectivity index (χ2v) is 16.2. The molecule has 196 valence electrons. The quantitative estimate of drug-likeness (QED) is 0.297. The van der Waals surface area contributed by atoms with E-state index in [1.807, 2.05) is 19.2 Å². The first-order valence-corrected chi connectivity index (χ1v) is 15.8. The molecule has 3 aromatic rings. The molecular formula is C23H29N5O7PSi+. The van der Waals surface area contributed by atoms with Crippen LogP contribution in [0.3, 0.4) is 0 Å². The van der Waals surface area contributed by atoms with E-state index in [1.165, 1.54) is 12.7 Å². The molecule has 2 aromatic heterocycles. The summed E-state index contributed by atoms with van der Waals surface area (Å²) in [5.41, 5.74) is -2.23. The minimum Gasteiger partial charge on any atom is -0.390 e. The summed E-state index contributed by atoms with van der Waals surface area (Å²) in [6.45, 7) is 10.1. The molecule has 1 aliphatic heterocycles. The molecule has 5 atom stereocenters. The summed E-state index contributed by atoms with van der Waals surface area (Å²) in [7, 11) is -5.74. The Morgan fingerprint density at radius 3 is 2.57 bits per heavy atom. The molecule has 1 aromatic carbocycles. The molecule has 3 heterocycles. The highest BCUT2D eigenvalue weighted by Crippen LogP contribution is 2.64. The second-order valence-electron chi connectivity index (χ2n) is 10.8. The standard InChI is InChI=1S/C23H28N5O7PSi/c1-21(2,3)37(4,5)35-22(11-33-17-16(29)23(17,22)34-36(31)32)28-13-26-15-18(24-12-25-19(15)28)27-20(30)14-9-7-6-8-10-14/h6-10,12-13,16-17,29H,11H2,1-5H3,(H-,24,25,27,30,31,32)/p+1/t16?,17-,22-,23-/m1/s1. The van der Waals surface area contributed by atoms with E-state index in [4.69, 9.17) is 13.7 Å². The fraction of sp³-hybridized carbons (Fsp3) is 0.478. The highest BCUT2D eigenvalue weighted by atomic mass is 31.1. The Hall–Kier alpha value is -2.64. The molecule has 37 heavy (non-hydrogen) atoms. The smallest absolute Gasteiger partial charge is 0.390 e. The molecule has 5 rings (SSSR count). The fourth-order valence-electron chi connectivity index (χ4n) is 4.56. The van der Waals surface area contributed by atoms with Gasteiger partial charge in [-0.1, -0.05) is 39.0 Å². The van der Waals surface area contributed by atoms with E-state index in [-0.39, 0.29) is 34.5 Å². The van der Waals surface area contributed by atoms with Gasteiger partial charge in [0.05, 0.1) is 12.9 Å². The highest BCUT2D eigenvalue weighted by Gasteiger charge is 2.88. The van der Waals surface area contributed by atoms with E-state index in [2.05, 4.69) is 41.0 Å². The molecule has 1 aliphatic carbocycles. The van der Waals surface area contributed by atoms with Gasteiger partial charge in [-0.25, -0.2) is 15.0 Å².